The van der Waals surface area contributed by atoms with Crippen LogP contribution in [-0.2, 0) is 28.6 Å². The maximum atomic E-state index is 13.0. The maximum Gasteiger partial charge on any atom is 0.184 e. The van der Waals surface area contributed by atoms with E-state index in [4.69, 9.17) is 0 Å². The van der Waals surface area contributed by atoms with Crippen LogP contribution >= 0.6 is 0 Å². The number of rotatable bonds is 0. The SMILES string of the molecule is CN1CCc2c(c3cccc4c3n2-c2ccccc2CS4(=O)=O)C1. The lowest BCUT2D eigenvalue weighted by Gasteiger charge is -2.24. The van der Waals surface area contributed by atoms with E-state index in [1.165, 1.54) is 11.3 Å². The first-order chi connectivity index (χ1) is 11.6. The summed E-state index contributed by atoms with van der Waals surface area (Å²) < 4.78 is 28.2. The number of likely N-dealkylation sites (N-methyl/N-ethyl adjacent to an activating group) is 1. The molecule has 0 fully saturated rings. The van der Waals surface area contributed by atoms with Crippen LogP contribution in [-0.4, -0.2) is 31.5 Å². The summed E-state index contributed by atoms with van der Waals surface area (Å²) >= 11 is 0. The number of sulfone groups is 1. The summed E-state index contributed by atoms with van der Waals surface area (Å²) in [6.07, 6.45) is 0.939. The Morgan fingerprint density at radius 1 is 1.04 bits per heavy atom. The minimum absolute atomic E-state index is 0.0681. The third-order valence-corrected chi connectivity index (χ3v) is 6.93. The summed E-state index contributed by atoms with van der Waals surface area (Å²) in [5, 5.41) is 1.08. The minimum atomic E-state index is -3.35. The lowest BCUT2D eigenvalue weighted by atomic mass is 10.0. The Bertz CT molecular complexity index is 1100. The largest absolute Gasteiger partial charge is 0.312 e. The van der Waals surface area contributed by atoms with E-state index in [-0.39, 0.29) is 5.75 Å². The number of fused-ring (bicyclic) bond motifs is 5. The Hall–Kier alpha value is -2.11. The van der Waals surface area contributed by atoms with Gasteiger partial charge in [0.15, 0.2) is 9.84 Å². The normalized spacial score (nSPS) is 18.9. The molecule has 2 aliphatic rings. The topological polar surface area (TPSA) is 42.3 Å². The smallest absolute Gasteiger partial charge is 0.184 e. The zero-order valence-corrected chi connectivity index (χ0v) is 14.3. The summed E-state index contributed by atoms with van der Waals surface area (Å²) in [6, 6.07) is 13.6. The van der Waals surface area contributed by atoms with E-state index >= 15 is 0 Å². The average molecular weight is 338 g/mol. The number of hydrogen-bond donors (Lipinski definition) is 0. The molecule has 2 aliphatic heterocycles. The van der Waals surface area contributed by atoms with Crippen LogP contribution < -0.4 is 0 Å². The third-order valence-electron chi connectivity index (χ3n) is 5.24. The highest BCUT2D eigenvalue weighted by Gasteiger charge is 2.31. The molecular formula is C19H18N2O2S. The molecule has 24 heavy (non-hydrogen) atoms. The Labute approximate surface area is 141 Å². The molecule has 3 aromatic rings. The lowest BCUT2D eigenvalue weighted by Crippen LogP contribution is -2.27. The van der Waals surface area contributed by atoms with E-state index in [1.807, 2.05) is 30.3 Å². The second-order valence-corrected chi connectivity index (χ2v) is 8.75. The van der Waals surface area contributed by atoms with Crippen LogP contribution in [0.2, 0.25) is 0 Å². The van der Waals surface area contributed by atoms with E-state index in [2.05, 4.69) is 22.6 Å². The second kappa shape index (κ2) is 4.71. The molecule has 5 rings (SSSR count). The molecular weight excluding hydrogens is 320 g/mol. The highest BCUT2D eigenvalue weighted by molar-refractivity contribution is 7.90. The monoisotopic (exact) mass is 338 g/mol. The van der Waals surface area contributed by atoms with Gasteiger partial charge < -0.3 is 9.47 Å². The molecule has 0 bridgehead atoms. The number of hydrogen-bond acceptors (Lipinski definition) is 3. The van der Waals surface area contributed by atoms with Gasteiger partial charge in [-0.2, -0.15) is 0 Å². The van der Waals surface area contributed by atoms with Gasteiger partial charge in [-0.05, 0) is 30.3 Å². The first-order valence-electron chi connectivity index (χ1n) is 8.21. The molecule has 2 aromatic carbocycles. The van der Waals surface area contributed by atoms with Crippen molar-refractivity contribution in [1.82, 2.24) is 9.47 Å². The van der Waals surface area contributed by atoms with Crippen molar-refractivity contribution in [2.24, 2.45) is 0 Å². The fraction of sp³-hybridized carbons (Fsp3) is 0.263. The standard InChI is InChI=1S/C19H18N2O2S/c1-20-10-9-17-15(11-20)14-6-4-8-18-19(14)21(17)16-7-3-2-5-13(16)12-24(18,22)23/h2-8H,9-12H2,1H3. The van der Waals surface area contributed by atoms with Crippen molar-refractivity contribution in [2.45, 2.75) is 23.6 Å². The van der Waals surface area contributed by atoms with Gasteiger partial charge >= 0.3 is 0 Å². The Morgan fingerprint density at radius 2 is 1.88 bits per heavy atom. The molecule has 0 N–H and O–H groups in total. The lowest BCUT2D eigenvalue weighted by molar-refractivity contribution is 0.311. The first-order valence-corrected chi connectivity index (χ1v) is 9.86. The van der Waals surface area contributed by atoms with Crippen LogP contribution in [0.15, 0.2) is 47.4 Å². The number of benzene rings is 2. The summed E-state index contributed by atoms with van der Waals surface area (Å²) in [4.78, 5) is 2.76. The van der Waals surface area contributed by atoms with E-state index in [1.54, 1.807) is 6.07 Å². The third kappa shape index (κ3) is 1.79. The Balaban J connectivity index is 2.02. The van der Waals surface area contributed by atoms with Crippen molar-refractivity contribution < 1.29 is 8.42 Å². The zero-order valence-electron chi connectivity index (χ0n) is 13.5. The van der Waals surface area contributed by atoms with Crippen molar-refractivity contribution in [3.63, 3.8) is 0 Å². The van der Waals surface area contributed by atoms with Crippen LogP contribution in [0.4, 0.5) is 0 Å². The molecule has 0 aliphatic carbocycles. The molecule has 0 unspecified atom stereocenters. The van der Waals surface area contributed by atoms with Gasteiger partial charge in [-0.1, -0.05) is 30.3 Å². The highest BCUT2D eigenvalue weighted by atomic mass is 32.2. The fourth-order valence-electron chi connectivity index (χ4n) is 4.16. The maximum absolute atomic E-state index is 13.0. The fourth-order valence-corrected chi connectivity index (χ4v) is 5.75. The second-order valence-electron chi connectivity index (χ2n) is 6.79. The van der Waals surface area contributed by atoms with Gasteiger partial charge in [0.05, 0.1) is 21.9 Å². The molecule has 4 nitrogen and oxygen atoms in total. The van der Waals surface area contributed by atoms with Crippen LogP contribution in [0.1, 0.15) is 16.8 Å². The Morgan fingerprint density at radius 3 is 2.75 bits per heavy atom. The summed E-state index contributed by atoms with van der Waals surface area (Å²) in [5.41, 5.74) is 5.30. The first kappa shape index (κ1) is 14.3. The molecule has 3 heterocycles. The van der Waals surface area contributed by atoms with Crippen LogP contribution in [0.5, 0.6) is 0 Å². The number of para-hydroxylation sites is 2. The minimum Gasteiger partial charge on any atom is -0.312 e. The molecule has 122 valence electrons. The molecule has 0 saturated carbocycles. The van der Waals surface area contributed by atoms with Crippen LogP contribution in [0, 0.1) is 0 Å². The molecule has 1 aromatic heterocycles. The van der Waals surface area contributed by atoms with Crippen LogP contribution in [0.25, 0.3) is 16.6 Å². The molecule has 0 radical (unpaired) electrons. The summed E-state index contributed by atoms with van der Waals surface area (Å²) in [7, 11) is -1.23. The zero-order chi connectivity index (χ0) is 16.5. The van der Waals surface area contributed by atoms with Gasteiger partial charge in [0.2, 0.25) is 0 Å². The molecule has 0 amide bonds. The van der Waals surface area contributed by atoms with Crippen molar-refractivity contribution in [3.05, 3.63) is 59.3 Å². The number of aromatic nitrogens is 1. The molecule has 5 heteroatoms. The van der Waals surface area contributed by atoms with E-state index in [9.17, 15) is 8.42 Å². The van der Waals surface area contributed by atoms with Gasteiger partial charge in [-0.15, -0.1) is 0 Å². The predicted molar refractivity (Wildman–Crippen MR) is 94.2 cm³/mol. The van der Waals surface area contributed by atoms with Crippen molar-refractivity contribution in [3.8, 4) is 5.69 Å². The van der Waals surface area contributed by atoms with Crippen molar-refractivity contribution >= 4 is 20.7 Å². The van der Waals surface area contributed by atoms with E-state index in [0.29, 0.717) is 4.90 Å². The average Bonchev–Trinajstić information content (AvgIpc) is 2.83. The highest BCUT2D eigenvalue weighted by Crippen LogP contribution is 2.40. The summed E-state index contributed by atoms with van der Waals surface area (Å²) in [6.45, 7) is 1.86. The van der Waals surface area contributed by atoms with E-state index < -0.39 is 9.84 Å². The van der Waals surface area contributed by atoms with Crippen molar-refractivity contribution in [2.75, 3.05) is 13.6 Å². The van der Waals surface area contributed by atoms with Gasteiger partial charge in [0.25, 0.3) is 0 Å². The summed E-state index contributed by atoms with van der Waals surface area (Å²) in [5.74, 6) is 0.0681. The van der Waals surface area contributed by atoms with Gasteiger partial charge in [0, 0.05) is 30.6 Å². The van der Waals surface area contributed by atoms with Gasteiger partial charge in [0.1, 0.15) is 0 Å². The molecule has 0 saturated heterocycles. The predicted octanol–water partition coefficient (Wildman–Crippen LogP) is 2.91. The van der Waals surface area contributed by atoms with E-state index in [0.717, 1.165) is 41.7 Å². The van der Waals surface area contributed by atoms with Crippen molar-refractivity contribution in [1.29, 1.82) is 0 Å². The van der Waals surface area contributed by atoms with Gasteiger partial charge in [-0.25, -0.2) is 8.42 Å². The molecule has 0 atom stereocenters. The Kier molecular flexibility index (Phi) is 2.80. The van der Waals surface area contributed by atoms with Gasteiger partial charge in [-0.3, -0.25) is 0 Å². The molecule has 0 spiro atoms. The number of nitrogens with zero attached hydrogens (tertiary/aromatic N) is 2. The van der Waals surface area contributed by atoms with Crippen LogP contribution in [0.3, 0.4) is 0 Å². The quantitative estimate of drug-likeness (QED) is 0.633.